The monoisotopic (exact) mass is 578 g/mol. The van der Waals surface area contributed by atoms with Crippen molar-refractivity contribution in [1.29, 1.82) is 0 Å². The van der Waals surface area contributed by atoms with Crippen LogP contribution in [0.4, 0.5) is 11.4 Å². The number of phenolic OH excluding ortho intramolecular Hbond substituents is 1. The Bertz CT molecular complexity index is 1690. The summed E-state index contributed by atoms with van der Waals surface area (Å²) < 4.78 is 11.1. The number of anilines is 2. The van der Waals surface area contributed by atoms with Crippen LogP contribution in [-0.2, 0) is 19.2 Å². The third kappa shape index (κ3) is 3.91. The van der Waals surface area contributed by atoms with E-state index in [1.807, 2.05) is 18.2 Å². The van der Waals surface area contributed by atoms with Gasteiger partial charge in [0.2, 0.25) is 23.6 Å². The Labute approximate surface area is 248 Å². The van der Waals surface area contributed by atoms with Crippen LogP contribution in [0, 0.1) is 29.6 Å². The normalized spacial score (nSPS) is 27.9. The second kappa shape index (κ2) is 10.1. The summed E-state index contributed by atoms with van der Waals surface area (Å²) in [4.78, 5) is 58.5. The highest BCUT2D eigenvalue weighted by Crippen LogP contribution is 2.60. The Morgan fingerprint density at radius 3 is 1.86 bits per heavy atom. The van der Waals surface area contributed by atoms with Crippen LogP contribution in [0.3, 0.4) is 0 Å². The summed E-state index contributed by atoms with van der Waals surface area (Å²) >= 11 is 0. The van der Waals surface area contributed by atoms with Crippen molar-refractivity contribution in [2.75, 3.05) is 24.0 Å². The van der Waals surface area contributed by atoms with E-state index in [0.29, 0.717) is 34.9 Å². The van der Waals surface area contributed by atoms with Crippen molar-refractivity contribution in [3.8, 4) is 17.2 Å². The Morgan fingerprint density at radius 1 is 0.698 bits per heavy atom. The molecule has 0 aromatic heterocycles. The fourth-order valence-electron chi connectivity index (χ4n) is 7.76. The summed E-state index contributed by atoms with van der Waals surface area (Å²) in [7, 11) is 2.94. The molecule has 7 rings (SSSR count). The van der Waals surface area contributed by atoms with Crippen molar-refractivity contribution in [1.82, 2.24) is 0 Å². The zero-order valence-electron chi connectivity index (χ0n) is 23.7. The first-order chi connectivity index (χ1) is 20.8. The van der Waals surface area contributed by atoms with Gasteiger partial charge in [0.05, 0.1) is 49.3 Å². The van der Waals surface area contributed by atoms with Crippen molar-refractivity contribution in [3.63, 3.8) is 0 Å². The van der Waals surface area contributed by atoms with E-state index in [1.165, 1.54) is 30.1 Å². The summed E-state index contributed by atoms with van der Waals surface area (Å²) in [6, 6.07) is 20.7. The minimum atomic E-state index is -0.836. The number of aromatic hydroxyl groups is 1. The summed E-state index contributed by atoms with van der Waals surface area (Å²) in [6.45, 7) is 0. The molecule has 2 aliphatic carbocycles. The number of para-hydroxylation sites is 2. The molecule has 4 amide bonds. The molecule has 1 N–H and O–H groups in total. The first-order valence-electron chi connectivity index (χ1n) is 14.4. The number of nitrogens with zero attached hydrogens (tertiary/aromatic N) is 2. The predicted molar refractivity (Wildman–Crippen MR) is 157 cm³/mol. The molecule has 218 valence electrons. The molecule has 0 spiro atoms. The lowest BCUT2D eigenvalue weighted by Gasteiger charge is -2.44. The summed E-state index contributed by atoms with van der Waals surface area (Å²) in [5.41, 5.74) is 2.11. The van der Waals surface area contributed by atoms with E-state index in [2.05, 4.69) is 0 Å². The van der Waals surface area contributed by atoms with Crippen molar-refractivity contribution in [2.45, 2.75) is 18.8 Å². The molecule has 0 radical (unpaired) electrons. The minimum absolute atomic E-state index is 0.137. The number of fused-ring (bicyclic) bond motifs is 4. The number of rotatable bonds is 5. The van der Waals surface area contributed by atoms with Gasteiger partial charge in [-0.1, -0.05) is 48.0 Å². The van der Waals surface area contributed by atoms with Gasteiger partial charge in [-0.25, -0.2) is 0 Å². The maximum atomic E-state index is 14.2. The number of methoxy groups -OCH3 is 2. The van der Waals surface area contributed by atoms with Crippen LogP contribution in [0.1, 0.15) is 24.3 Å². The molecule has 3 aromatic carbocycles. The average molecular weight is 579 g/mol. The van der Waals surface area contributed by atoms with Gasteiger partial charge < -0.3 is 14.6 Å². The van der Waals surface area contributed by atoms with Gasteiger partial charge in [0.1, 0.15) is 17.2 Å². The Balaban J connectivity index is 1.39. The van der Waals surface area contributed by atoms with E-state index < -0.39 is 35.5 Å². The third-order valence-electron chi connectivity index (χ3n) is 9.54. The van der Waals surface area contributed by atoms with E-state index in [0.717, 1.165) is 5.57 Å². The first kappa shape index (κ1) is 26.9. The van der Waals surface area contributed by atoms with E-state index >= 15 is 0 Å². The fourth-order valence-corrected chi connectivity index (χ4v) is 7.76. The van der Waals surface area contributed by atoms with Gasteiger partial charge in [0, 0.05) is 23.6 Å². The van der Waals surface area contributed by atoms with Crippen LogP contribution in [0.5, 0.6) is 17.2 Å². The standard InChI is InChI=1S/C34H30N2O7/c1-42-20-15-25(37)30(26(16-20)43-2)28-21-13-14-22-27(33(40)35(31(22)38)18-9-5-3-6-10-18)23(21)17-24-29(28)34(41)36(32(24)39)19-11-7-4-8-12-19/h3-13,15-16,22-24,27-29,37H,14,17H2,1-2H3/t22-,23+,24+,27-,28-,29+/m0/s1. The SMILES string of the molecule is COc1cc(O)c([C@H]2C3=CC[C@@H]4C(=O)N(c5ccccc5)C(=O)[C@@H]4[C@@H]3C[C@H]3C(=O)N(c4ccccc4)C(=O)[C@@H]23)c(OC)c1. The van der Waals surface area contributed by atoms with Gasteiger partial charge in [-0.3, -0.25) is 29.0 Å². The highest BCUT2D eigenvalue weighted by Gasteiger charge is 2.63. The molecule has 2 saturated heterocycles. The van der Waals surface area contributed by atoms with Crippen LogP contribution in [0.25, 0.3) is 0 Å². The maximum Gasteiger partial charge on any atom is 0.238 e. The highest BCUT2D eigenvalue weighted by atomic mass is 16.5. The van der Waals surface area contributed by atoms with E-state index in [4.69, 9.17) is 9.47 Å². The van der Waals surface area contributed by atoms with Crippen LogP contribution in [-0.4, -0.2) is 43.0 Å². The Morgan fingerprint density at radius 2 is 1.28 bits per heavy atom. The van der Waals surface area contributed by atoms with Crippen LogP contribution in [0.2, 0.25) is 0 Å². The summed E-state index contributed by atoms with van der Waals surface area (Å²) in [5, 5.41) is 11.4. The summed E-state index contributed by atoms with van der Waals surface area (Å²) in [5.74, 6) is -4.89. The van der Waals surface area contributed by atoms with Crippen molar-refractivity contribution < 1.29 is 33.8 Å². The maximum absolute atomic E-state index is 14.2. The van der Waals surface area contributed by atoms with Gasteiger partial charge in [-0.2, -0.15) is 0 Å². The van der Waals surface area contributed by atoms with Crippen molar-refractivity contribution in [2.24, 2.45) is 29.6 Å². The van der Waals surface area contributed by atoms with Crippen LogP contribution < -0.4 is 19.3 Å². The van der Waals surface area contributed by atoms with Crippen molar-refractivity contribution >= 4 is 35.0 Å². The highest BCUT2D eigenvalue weighted by molar-refractivity contribution is 6.24. The van der Waals surface area contributed by atoms with E-state index in [9.17, 15) is 24.3 Å². The number of carbonyl (C=O) groups is 4. The number of phenols is 1. The molecule has 2 heterocycles. The largest absolute Gasteiger partial charge is 0.507 e. The number of benzene rings is 3. The van der Waals surface area contributed by atoms with E-state index in [1.54, 1.807) is 54.6 Å². The molecule has 43 heavy (non-hydrogen) atoms. The molecule has 9 heteroatoms. The first-order valence-corrected chi connectivity index (χ1v) is 14.4. The van der Waals surface area contributed by atoms with Crippen LogP contribution >= 0.6 is 0 Å². The van der Waals surface area contributed by atoms with E-state index in [-0.39, 0.29) is 35.8 Å². The van der Waals surface area contributed by atoms with Crippen molar-refractivity contribution in [3.05, 3.63) is 90.0 Å². The predicted octanol–water partition coefficient (Wildman–Crippen LogP) is 4.45. The fraction of sp³-hybridized carbons (Fsp3) is 0.294. The zero-order chi connectivity index (χ0) is 30.0. The van der Waals surface area contributed by atoms with Gasteiger partial charge in [-0.05, 0) is 43.0 Å². The average Bonchev–Trinajstić information content (AvgIpc) is 3.44. The molecule has 4 aliphatic rings. The lowest BCUT2D eigenvalue weighted by molar-refractivity contribution is -0.126. The molecule has 3 fully saturated rings. The summed E-state index contributed by atoms with van der Waals surface area (Å²) in [6.07, 6.45) is 2.49. The Kier molecular flexibility index (Phi) is 6.34. The molecule has 9 nitrogen and oxygen atoms in total. The lowest BCUT2D eigenvalue weighted by Crippen LogP contribution is -2.43. The molecule has 1 saturated carbocycles. The zero-order valence-corrected chi connectivity index (χ0v) is 23.7. The van der Waals surface area contributed by atoms with Gasteiger partial charge in [-0.15, -0.1) is 0 Å². The molecular weight excluding hydrogens is 548 g/mol. The lowest BCUT2D eigenvalue weighted by atomic mass is 9.57. The number of hydrogen-bond acceptors (Lipinski definition) is 7. The number of imide groups is 2. The second-order valence-electron chi connectivity index (χ2n) is 11.5. The van der Waals surface area contributed by atoms with Gasteiger partial charge in [0.15, 0.2) is 0 Å². The van der Waals surface area contributed by atoms with Gasteiger partial charge >= 0.3 is 0 Å². The smallest absolute Gasteiger partial charge is 0.238 e. The molecule has 3 aromatic rings. The van der Waals surface area contributed by atoms with Gasteiger partial charge in [0.25, 0.3) is 0 Å². The number of ether oxygens (including phenoxy) is 2. The van der Waals surface area contributed by atoms with Crippen LogP contribution in [0.15, 0.2) is 84.4 Å². The topological polar surface area (TPSA) is 113 Å². The number of hydrogen-bond donors (Lipinski definition) is 1. The second-order valence-corrected chi connectivity index (χ2v) is 11.5. The number of allylic oxidation sites excluding steroid dienone is 2. The quantitative estimate of drug-likeness (QED) is 0.352. The minimum Gasteiger partial charge on any atom is -0.507 e. The molecule has 6 atom stereocenters. The molecule has 2 aliphatic heterocycles. The number of amides is 4. The molecule has 0 bridgehead atoms. The molecule has 0 unspecified atom stereocenters. The molecular formula is C34H30N2O7. The number of carbonyl (C=O) groups excluding carboxylic acids is 4. The Hall–Kier alpha value is -4.92. The third-order valence-corrected chi connectivity index (χ3v) is 9.54.